The molecular weight excluding hydrogens is 326 g/mol. The van der Waals surface area contributed by atoms with Gasteiger partial charge in [-0.25, -0.2) is 13.4 Å². The van der Waals surface area contributed by atoms with Gasteiger partial charge in [0.2, 0.25) is 0 Å². The molecule has 0 unspecified atom stereocenters. The average molecular weight is 341 g/mol. The van der Waals surface area contributed by atoms with Crippen molar-refractivity contribution in [3.63, 3.8) is 0 Å². The van der Waals surface area contributed by atoms with Gasteiger partial charge in [0.05, 0.1) is 28.7 Å². The van der Waals surface area contributed by atoms with Crippen LogP contribution in [-0.2, 0) is 9.84 Å². The van der Waals surface area contributed by atoms with E-state index in [0.29, 0.717) is 5.69 Å². The van der Waals surface area contributed by atoms with Crippen molar-refractivity contribution in [3.8, 4) is 11.3 Å². The second-order valence-electron chi connectivity index (χ2n) is 5.27. The fraction of sp³-hybridized carbons (Fsp3) is 0.0588. The van der Waals surface area contributed by atoms with Crippen LogP contribution in [0, 0.1) is 0 Å². The zero-order valence-corrected chi connectivity index (χ0v) is 13.7. The number of imidazole rings is 1. The summed E-state index contributed by atoms with van der Waals surface area (Å²) < 4.78 is 23.6. The Kier molecular flexibility index (Phi) is 4.18. The van der Waals surface area contributed by atoms with Crippen LogP contribution in [0.15, 0.2) is 66.0 Å². The third-order valence-corrected chi connectivity index (χ3v) is 4.64. The lowest BCUT2D eigenvalue weighted by Gasteiger charge is -2.09. The first-order valence-electron chi connectivity index (χ1n) is 7.14. The van der Waals surface area contributed by atoms with Crippen LogP contribution < -0.4 is 5.32 Å². The normalized spacial score (nSPS) is 11.2. The average Bonchev–Trinajstić information content (AvgIpc) is 3.09. The van der Waals surface area contributed by atoms with Crippen molar-refractivity contribution in [3.05, 3.63) is 66.6 Å². The van der Waals surface area contributed by atoms with Gasteiger partial charge in [0, 0.05) is 11.9 Å². The molecule has 0 aliphatic rings. The lowest BCUT2D eigenvalue weighted by Crippen LogP contribution is -2.15. The molecule has 6 nitrogen and oxygen atoms in total. The number of aromatic nitrogens is 2. The highest BCUT2D eigenvalue weighted by Crippen LogP contribution is 2.21. The molecule has 24 heavy (non-hydrogen) atoms. The zero-order valence-electron chi connectivity index (χ0n) is 12.9. The van der Waals surface area contributed by atoms with Gasteiger partial charge in [-0.2, -0.15) is 0 Å². The van der Waals surface area contributed by atoms with E-state index >= 15 is 0 Å². The minimum absolute atomic E-state index is 0.0107. The number of nitrogens with zero attached hydrogens (tertiary/aromatic N) is 1. The van der Waals surface area contributed by atoms with Gasteiger partial charge in [-0.15, -0.1) is 0 Å². The summed E-state index contributed by atoms with van der Waals surface area (Å²) >= 11 is 0. The standard InChI is InChI=1S/C17H15N3O3S/c1-24(22,23)16-5-3-2-4-14(16)17(21)20-13-8-6-12(7-9-13)15-10-18-11-19-15/h2-11H,1H3,(H,18,19)(H,20,21). The summed E-state index contributed by atoms with van der Waals surface area (Å²) in [7, 11) is -3.48. The fourth-order valence-corrected chi connectivity index (χ4v) is 3.21. The predicted octanol–water partition coefficient (Wildman–Crippen LogP) is 2.73. The highest BCUT2D eigenvalue weighted by atomic mass is 32.2. The van der Waals surface area contributed by atoms with Crippen LogP contribution >= 0.6 is 0 Å². The Labute approximate surface area is 139 Å². The fourth-order valence-electron chi connectivity index (χ4n) is 2.32. The van der Waals surface area contributed by atoms with Crippen molar-refractivity contribution in [2.24, 2.45) is 0 Å². The number of anilines is 1. The molecule has 0 fully saturated rings. The molecule has 7 heteroatoms. The van der Waals surface area contributed by atoms with Gasteiger partial charge in [0.1, 0.15) is 0 Å². The number of carbonyl (C=O) groups is 1. The zero-order chi connectivity index (χ0) is 17.2. The highest BCUT2D eigenvalue weighted by Gasteiger charge is 2.18. The van der Waals surface area contributed by atoms with Crippen LogP contribution in [0.4, 0.5) is 5.69 Å². The van der Waals surface area contributed by atoms with Crippen molar-refractivity contribution in [2.75, 3.05) is 11.6 Å². The van der Waals surface area contributed by atoms with Crippen LogP contribution in [0.1, 0.15) is 10.4 Å². The van der Waals surface area contributed by atoms with E-state index in [4.69, 9.17) is 0 Å². The van der Waals surface area contributed by atoms with Gasteiger partial charge in [-0.3, -0.25) is 4.79 Å². The van der Waals surface area contributed by atoms with Gasteiger partial charge < -0.3 is 10.3 Å². The number of benzene rings is 2. The monoisotopic (exact) mass is 341 g/mol. The van der Waals surface area contributed by atoms with E-state index in [-0.39, 0.29) is 10.5 Å². The quantitative estimate of drug-likeness (QED) is 0.763. The Balaban J connectivity index is 1.83. The van der Waals surface area contributed by atoms with E-state index in [1.165, 1.54) is 12.1 Å². The molecule has 1 heterocycles. The summed E-state index contributed by atoms with van der Waals surface area (Å²) in [6.07, 6.45) is 4.38. The number of hydrogen-bond donors (Lipinski definition) is 2. The van der Waals surface area contributed by atoms with Crippen molar-refractivity contribution in [1.29, 1.82) is 0 Å². The molecule has 2 N–H and O–H groups in total. The van der Waals surface area contributed by atoms with Crippen LogP contribution in [0.2, 0.25) is 0 Å². The van der Waals surface area contributed by atoms with Crippen LogP contribution in [0.3, 0.4) is 0 Å². The number of H-pyrrole nitrogens is 1. The third-order valence-electron chi connectivity index (χ3n) is 3.48. The summed E-state index contributed by atoms with van der Waals surface area (Å²) in [5.41, 5.74) is 2.50. The SMILES string of the molecule is CS(=O)(=O)c1ccccc1C(=O)Nc1ccc(-c2cnc[nH]2)cc1. The maximum Gasteiger partial charge on any atom is 0.256 e. The minimum Gasteiger partial charge on any atom is -0.345 e. The topological polar surface area (TPSA) is 91.9 Å². The van der Waals surface area contributed by atoms with Gasteiger partial charge in [-0.05, 0) is 29.8 Å². The number of nitrogens with one attached hydrogen (secondary N) is 2. The van der Waals surface area contributed by atoms with E-state index in [0.717, 1.165) is 17.5 Å². The third kappa shape index (κ3) is 3.36. The number of rotatable bonds is 4. The summed E-state index contributed by atoms with van der Waals surface area (Å²) in [4.78, 5) is 19.4. The van der Waals surface area contributed by atoms with Gasteiger partial charge in [0.25, 0.3) is 5.91 Å². The Hall–Kier alpha value is -2.93. The predicted molar refractivity (Wildman–Crippen MR) is 91.5 cm³/mol. The maximum absolute atomic E-state index is 12.4. The first-order chi connectivity index (χ1) is 11.4. The molecule has 0 spiro atoms. The van der Waals surface area contributed by atoms with E-state index < -0.39 is 15.7 Å². The van der Waals surface area contributed by atoms with E-state index in [1.807, 2.05) is 12.1 Å². The molecule has 3 rings (SSSR count). The largest absolute Gasteiger partial charge is 0.345 e. The molecule has 0 aliphatic heterocycles. The van der Waals surface area contributed by atoms with Crippen molar-refractivity contribution >= 4 is 21.4 Å². The summed E-state index contributed by atoms with van der Waals surface area (Å²) in [5.74, 6) is -0.467. The number of aromatic amines is 1. The summed E-state index contributed by atoms with van der Waals surface area (Å²) in [6.45, 7) is 0. The molecule has 2 aromatic carbocycles. The first kappa shape index (κ1) is 15.9. The van der Waals surface area contributed by atoms with Crippen LogP contribution in [0.5, 0.6) is 0 Å². The Morgan fingerprint density at radius 3 is 2.42 bits per heavy atom. The molecule has 0 saturated heterocycles. The first-order valence-corrected chi connectivity index (χ1v) is 9.03. The molecule has 0 radical (unpaired) electrons. The van der Waals surface area contributed by atoms with E-state index in [2.05, 4.69) is 15.3 Å². The van der Waals surface area contributed by atoms with E-state index in [9.17, 15) is 13.2 Å². The lowest BCUT2D eigenvalue weighted by molar-refractivity contribution is 0.102. The molecule has 0 saturated carbocycles. The molecule has 3 aromatic rings. The molecule has 0 aliphatic carbocycles. The second-order valence-corrected chi connectivity index (χ2v) is 7.25. The van der Waals surface area contributed by atoms with Crippen LogP contribution in [-0.4, -0.2) is 30.5 Å². The number of hydrogen-bond acceptors (Lipinski definition) is 4. The minimum atomic E-state index is -3.48. The highest BCUT2D eigenvalue weighted by molar-refractivity contribution is 7.90. The van der Waals surface area contributed by atoms with Gasteiger partial charge >= 0.3 is 0 Å². The molecule has 1 amide bonds. The van der Waals surface area contributed by atoms with Crippen LogP contribution in [0.25, 0.3) is 11.3 Å². The smallest absolute Gasteiger partial charge is 0.256 e. The number of amides is 1. The molecule has 0 atom stereocenters. The molecule has 0 bridgehead atoms. The van der Waals surface area contributed by atoms with E-state index in [1.54, 1.807) is 36.8 Å². The number of sulfone groups is 1. The molecular formula is C17H15N3O3S. The van der Waals surface area contributed by atoms with Gasteiger partial charge in [-0.1, -0.05) is 24.3 Å². The number of carbonyl (C=O) groups excluding carboxylic acids is 1. The Morgan fingerprint density at radius 1 is 1.08 bits per heavy atom. The molecule has 1 aromatic heterocycles. The summed E-state index contributed by atoms with van der Waals surface area (Å²) in [6, 6.07) is 13.3. The Bertz CT molecular complexity index is 963. The van der Waals surface area contributed by atoms with Crippen molar-refractivity contribution in [2.45, 2.75) is 4.90 Å². The maximum atomic E-state index is 12.4. The lowest BCUT2D eigenvalue weighted by atomic mass is 10.1. The molecule has 122 valence electrons. The summed E-state index contributed by atoms with van der Waals surface area (Å²) in [5, 5.41) is 2.71. The Morgan fingerprint density at radius 2 is 1.79 bits per heavy atom. The second kappa shape index (κ2) is 6.29. The van der Waals surface area contributed by atoms with Crippen molar-refractivity contribution in [1.82, 2.24) is 9.97 Å². The van der Waals surface area contributed by atoms with Gasteiger partial charge in [0.15, 0.2) is 9.84 Å². The van der Waals surface area contributed by atoms with Crippen molar-refractivity contribution < 1.29 is 13.2 Å².